The Bertz CT molecular complexity index is 1130. The summed E-state index contributed by atoms with van der Waals surface area (Å²) in [4.78, 5) is 30.0. The van der Waals surface area contributed by atoms with E-state index in [1.54, 1.807) is 18.3 Å². The second kappa shape index (κ2) is 10.5. The van der Waals surface area contributed by atoms with Crippen LogP contribution in [0.2, 0.25) is 0 Å². The monoisotopic (exact) mass is 533 g/mol. The second-order valence-electron chi connectivity index (χ2n) is 7.75. The molecule has 0 bridgehead atoms. The fourth-order valence-electron chi connectivity index (χ4n) is 4.06. The largest absolute Gasteiger partial charge is 0.381 e. The van der Waals surface area contributed by atoms with Crippen LogP contribution in [0.1, 0.15) is 12.8 Å². The fourth-order valence-corrected chi connectivity index (χ4v) is 7.14. The number of ether oxygens (including phenoxy) is 1. The third kappa shape index (κ3) is 4.74. The Kier molecular flexibility index (Phi) is 8.10. The Balaban J connectivity index is 0.00000324. The Hall–Kier alpha value is -2.36. The topological polar surface area (TPSA) is 155 Å². The van der Waals surface area contributed by atoms with E-state index in [-0.39, 0.29) is 57.2 Å². The average molecular weight is 534 g/mol. The van der Waals surface area contributed by atoms with Crippen LogP contribution in [0.5, 0.6) is 0 Å². The molecule has 0 radical (unpaired) electrons. The van der Waals surface area contributed by atoms with Crippen LogP contribution in [-0.4, -0.2) is 77.9 Å². The molecule has 1 aromatic heterocycles. The predicted octanol–water partition coefficient (Wildman–Crippen LogP) is 1.65. The molecule has 4 rings (SSSR count). The van der Waals surface area contributed by atoms with Gasteiger partial charge in [-0.3, -0.25) is 20.1 Å². The number of nitro groups is 1. The number of amides is 1. The van der Waals surface area contributed by atoms with Crippen molar-refractivity contribution in [1.29, 1.82) is 0 Å². The van der Waals surface area contributed by atoms with Crippen LogP contribution in [0, 0.1) is 10.1 Å². The highest BCUT2D eigenvalue weighted by Gasteiger charge is 2.54. The van der Waals surface area contributed by atoms with Crippen LogP contribution >= 0.6 is 23.7 Å². The molecule has 12 nitrogen and oxygen atoms in total. The number of nitrogens with zero attached hydrogens (tertiary/aromatic N) is 4. The first-order valence-electron chi connectivity index (χ1n) is 10.3. The molecular weight excluding hydrogens is 510 g/mol. The normalized spacial score (nSPS) is 18.7. The van der Waals surface area contributed by atoms with Gasteiger partial charge in [0.2, 0.25) is 10.0 Å². The van der Waals surface area contributed by atoms with Gasteiger partial charge in [-0.25, -0.2) is 18.9 Å². The van der Waals surface area contributed by atoms with Crippen LogP contribution in [0.4, 0.5) is 10.8 Å². The van der Waals surface area contributed by atoms with E-state index in [1.165, 1.54) is 33.3 Å². The number of non-ortho nitro benzene ring substituents is 1. The third-order valence-electron chi connectivity index (χ3n) is 6.01. The van der Waals surface area contributed by atoms with Crippen molar-refractivity contribution >= 4 is 50.5 Å². The van der Waals surface area contributed by atoms with E-state index in [2.05, 4.69) is 4.98 Å². The number of benzene rings is 1. The minimum absolute atomic E-state index is 0. The van der Waals surface area contributed by atoms with Crippen LogP contribution in [-0.2, 0) is 19.6 Å². The molecule has 2 aliphatic rings. The van der Waals surface area contributed by atoms with Gasteiger partial charge in [0.05, 0.1) is 9.80 Å². The van der Waals surface area contributed by atoms with Crippen molar-refractivity contribution in [1.82, 2.24) is 14.8 Å². The van der Waals surface area contributed by atoms with Gasteiger partial charge < -0.3 is 9.64 Å². The lowest BCUT2D eigenvalue weighted by atomic mass is 9.98. The highest BCUT2D eigenvalue weighted by atomic mass is 35.5. The molecule has 2 fully saturated rings. The summed E-state index contributed by atoms with van der Waals surface area (Å²) in [6.45, 7) is 1.38. The van der Waals surface area contributed by atoms with Crippen molar-refractivity contribution < 1.29 is 28.1 Å². The van der Waals surface area contributed by atoms with E-state index in [9.17, 15) is 28.5 Å². The molecular formula is C19H24ClN5O7S2. The molecule has 1 aromatic carbocycles. The average Bonchev–Trinajstić information content (AvgIpc) is 3.34. The van der Waals surface area contributed by atoms with E-state index in [0.717, 1.165) is 10.4 Å². The molecule has 186 valence electrons. The van der Waals surface area contributed by atoms with Gasteiger partial charge in [0.15, 0.2) is 9.88 Å². The number of halogens is 1. The number of piperazine rings is 1. The predicted molar refractivity (Wildman–Crippen MR) is 127 cm³/mol. The Morgan fingerprint density at radius 3 is 2.35 bits per heavy atom. The SMILES string of the molecule is Cl.O=C(NO)C1(S(=O)(=O)N2CCN(c3ncc(-c4ccc([N+](=O)[O-])cc4)s3)CC2)CCOCC1. The van der Waals surface area contributed by atoms with Crippen molar-refractivity contribution in [3.8, 4) is 10.4 Å². The zero-order valence-corrected chi connectivity index (χ0v) is 20.4. The fraction of sp³-hybridized carbons (Fsp3) is 0.474. The molecule has 34 heavy (non-hydrogen) atoms. The Labute approximate surface area is 206 Å². The van der Waals surface area contributed by atoms with Crippen LogP contribution in [0.3, 0.4) is 0 Å². The number of thiazole rings is 1. The van der Waals surface area contributed by atoms with Crippen LogP contribution < -0.4 is 10.4 Å². The van der Waals surface area contributed by atoms with E-state index in [0.29, 0.717) is 18.2 Å². The number of carbonyl (C=O) groups is 1. The minimum atomic E-state index is -4.03. The second-order valence-corrected chi connectivity index (χ2v) is 11.0. The van der Waals surface area contributed by atoms with Crippen molar-refractivity contribution in [3.05, 3.63) is 40.6 Å². The highest BCUT2D eigenvalue weighted by Crippen LogP contribution is 2.35. The smallest absolute Gasteiger partial charge is 0.269 e. The zero-order chi connectivity index (χ0) is 23.6. The molecule has 0 unspecified atom stereocenters. The van der Waals surface area contributed by atoms with Crippen LogP contribution in [0.15, 0.2) is 30.5 Å². The number of nitro benzene ring substituents is 1. The maximum absolute atomic E-state index is 13.4. The molecule has 0 saturated carbocycles. The van der Waals surface area contributed by atoms with Crippen molar-refractivity contribution in [2.75, 3.05) is 44.3 Å². The number of anilines is 1. The summed E-state index contributed by atoms with van der Waals surface area (Å²) >= 11 is 1.41. The van der Waals surface area contributed by atoms with Gasteiger partial charge in [-0.15, -0.1) is 12.4 Å². The summed E-state index contributed by atoms with van der Waals surface area (Å²) in [7, 11) is -4.03. The van der Waals surface area contributed by atoms with E-state index in [1.807, 2.05) is 4.90 Å². The lowest BCUT2D eigenvalue weighted by molar-refractivity contribution is -0.384. The Morgan fingerprint density at radius 2 is 1.79 bits per heavy atom. The summed E-state index contributed by atoms with van der Waals surface area (Å²) < 4.78 is 31.6. The van der Waals surface area contributed by atoms with Gasteiger partial charge in [-0.2, -0.15) is 4.31 Å². The third-order valence-corrected chi connectivity index (χ3v) is 9.75. The first-order chi connectivity index (χ1) is 15.8. The standard InChI is InChI=1S/C19H23N5O7S2.ClH/c25-17(21-26)19(5-11-31-12-6-19)33(29,30)23-9-7-22(8-10-23)18-20-13-16(32-18)14-1-3-15(4-2-14)24(27)28;/h1-4,13,26H,5-12H2,(H,21,25);1H. The molecule has 2 N–H and O–H groups in total. The summed E-state index contributed by atoms with van der Waals surface area (Å²) in [5.74, 6) is -0.930. The van der Waals surface area contributed by atoms with Gasteiger partial charge in [0.1, 0.15) is 0 Å². The van der Waals surface area contributed by atoms with Gasteiger partial charge in [0, 0.05) is 70.6 Å². The number of sulfonamides is 1. The summed E-state index contributed by atoms with van der Waals surface area (Å²) in [6, 6.07) is 6.21. The summed E-state index contributed by atoms with van der Waals surface area (Å²) in [5.41, 5.74) is 2.35. The lowest BCUT2D eigenvalue weighted by Crippen LogP contribution is -2.62. The van der Waals surface area contributed by atoms with Gasteiger partial charge in [0.25, 0.3) is 11.6 Å². The number of nitrogens with one attached hydrogen (secondary N) is 1. The quantitative estimate of drug-likeness (QED) is 0.320. The first kappa shape index (κ1) is 26.2. The zero-order valence-electron chi connectivity index (χ0n) is 18.0. The number of aromatic nitrogens is 1. The molecule has 0 atom stereocenters. The number of carbonyl (C=O) groups excluding carboxylic acids is 1. The summed E-state index contributed by atoms with van der Waals surface area (Å²) in [6.07, 6.45) is 1.65. The lowest BCUT2D eigenvalue weighted by Gasteiger charge is -2.41. The van der Waals surface area contributed by atoms with Gasteiger partial charge >= 0.3 is 0 Å². The van der Waals surface area contributed by atoms with Crippen molar-refractivity contribution in [2.45, 2.75) is 17.6 Å². The molecule has 3 heterocycles. The first-order valence-corrected chi connectivity index (χ1v) is 12.5. The van der Waals surface area contributed by atoms with Gasteiger partial charge in [-0.1, -0.05) is 11.3 Å². The van der Waals surface area contributed by atoms with E-state index >= 15 is 0 Å². The number of hydrogen-bond acceptors (Lipinski definition) is 10. The highest BCUT2D eigenvalue weighted by molar-refractivity contribution is 7.91. The molecule has 0 aliphatic carbocycles. The molecule has 2 aromatic rings. The maximum Gasteiger partial charge on any atom is 0.269 e. The Morgan fingerprint density at radius 1 is 1.18 bits per heavy atom. The minimum Gasteiger partial charge on any atom is -0.381 e. The molecule has 15 heteroatoms. The number of hydroxylamine groups is 1. The molecule has 2 saturated heterocycles. The van der Waals surface area contributed by atoms with Crippen molar-refractivity contribution in [3.63, 3.8) is 0 Å². The van der Waals surface area contributed by atoms with Crippen molar-refractivity contribution in [2.24, 2.45) is 0 Å². The number of rotatable bonds is 6. The van der Waals surface area contributed by atoms with E-state index in [4.69, 9.17) is 4.74 Å². The van der Waals surface area contributed by atoms with Gasteiger partial charge in [-0.05, 0) is 17.7 Å². The molecule has 1 amide bonds. The van der Waals surface area contributed by atoms with E-state index < -0.39 is 25.6 Å². The summed E-state index contributed by atoms with van der Waals surface area (Å²) in [5, 5.41) is 20.7. The number of hydrogen-bond donors (Lipinski definition) is 2. The molecule has 0 spiro atoms. The molecule has 2 aliphatic heterocycles. The van der Waals surface area contributed by atoms with Crippen LogP contribution in [0.25, 0.3) is 10.4 Å². The maximum atomic E-state index is 13.4.